The number of rotatable bonds is 3. The van der Waals surface area contributed by atoms with Crippen molar-refractivity contribution in [1.82, 2.24) is 14.8 Å². The molecule has 1 aromatic rings. The van der Waals surface area contributed by atoms with E-state index in [1.807, 2.05) is 0 Å². The first kappa shape index (κ1) is 17.5. The summed E-state index contributed by atoms with van der Waals surface area (Å²) in [6.07, 6.45) is 8.60. The summed E-state index contributed by atoms with van der Waals surface area (Å²) < 4.78 is 0. The Labute approximate surface area is 156 Å². The van der Waals surface area contributed by atoms with Crippen LogP contribution in [0.15, 0.2) is 0 Å². The van der Waals surface area contributed by atoms with Crippen LogP contribution in [-0.4, -0.2) is 51.8 Å². The number of fused-ring (bicyclic) bond motifs is 1. The quantitative estimate of drug-likeness (QED) is 0.822. The Kier molecular flexibility index (Phi) is 4.46. The van der Waals surface area contributed by atoms with Crippen molar-refractivity contribution in [3.05, 3.63) is 10.6 Å². The number of anilines is 1. The van der Waals surface area contributed by atoms with E-state index >= 15 is 0 Å². The van der Waals surface area contributed by atoms with Gasteiger partial charge >= 0.3 is 6.03 Å². The lowest BCUT2D eigenvalue weighted by atomic mass is 9.81. The maximum Gasteiger partial charge on any atom is 0.327 e. The molecule has 4 rings (SSSR count). The molecule has 1 N–H and O–H groups in total. The van der Waals surface area contributed by atoms with E-state index in [2.05, 4.69) is 10.3 Å². The van der Waals surface area contributed by atoms with Crippen molar-refractivity contribution in [2.24, 2.45) is 0 Å². The molecule has 7 nitrogen and oxygen atoms in total. The molecule has 0 atom stereocenters. The molecule has 3 aliphatic rings. The lowest BCUT2D eigenvalue weighted by molar-refractivity contribution is -0.136. The number of carbonyl (C=O) groups excluding carboxylic acids is 3. The normalized spacial score (nSPS) is 22.0. The molecule has 1 spiro atoms. The molecule has 140 valence electrons. The van der Waals surface area contributed by atoms with Gasteiger partial charge in [0.05, 0.1) is 5.69 Å². The fraction of sp³-hybridized carbons (Fsp3) is 0.667. The SMILES string of the molecule is CN1C(=O)N(CC(=O)Nc2nc3c(s2)CCCC3)C(=O)C12CCCCC2. The maximum absolute atomic E-state index is 12.9. The fourth-order valence-electron chi connectivity index (χ4n) is 4.38. The summed E-state index contributed by atoms with van der Waals surface area (Å²) in [5.41, 5.74) is 0.335. The maximum atomic E-state index is 12.9. The zero-order valence-corrected chi connectivity index (χ0v) is 15.9. The summed E-state index contributed by atoms with van der Waals surface area (Å²) >= 11 is 1.50. The number of likely N-dealkylation sites (N-methyl/N-ethyl adjacent to an activating group) is 1. The number of imide groups is 1. The Morgan fingerprint density at radius 1 is 1.15 bits per heavy atom. The highest BCUT2D eigenvalue weighted by Crippen LogP contribution is 2.39. The largest absolute Gasteiger partial charge is 0.327 e. The van der Waals surface area contributed by atoms with Crippen LogP contribution in [0, 0.1) is 0 Å². The summed E-state index contributed by atoms with van der Waals surface area (Å²) in [4.78, 5) is 46.3. The van der Waals surface area contributed by atoms with Gasteiger partial charge in [-0.3, -0.25) is 14.5 Å². The highest BCUT2D eigenvalue weighted by atomic mass is 32.1. The van der Waals surface area contributed by atoms with E-state index in [1.54, 1.807) is 11.9 Å². The summed E-state index contributed by atoms with van der Waals surface area (Å²) in [6.45, 7) is -0.242. The molecule has 0 bridgehead atoms. The van der Waals surface area contributed by atoms with Gasteiger partial charge in [0.25, 0.3) is 5.91 Å². The number of hydrogen-bond donors (Lipinski definition) is 1. The van der Waals surface area contributed by atoms with Crippen molar-refractivity contribution in [2.75, 3.05) is 18.9 Å². The molecule has 1 saturated heterocycles. The highest BCUT2D eigenvalue weighted by Gasteiger charge is 2.55. The van der Waals surface area contributed by atoms with Gasteiger partial charge in [0.15, 0.2) is 5.13 Å². The summed E-state index contributed by atoms with van der Waals surface area (Å²) in [5.74, 6) is -0.586. The van der Waals surface area contributed by atoms with Crippen LogP contribution in [0.5, 0.6) is 0 Å². The van der Waals surface area contributed by atoms with Gasteiger partial charge in [0.2, 0.25) is 5.91 Å². The van der Waals surface area contributed by atoms with Crippen molar-refractivity contribution < 1.29 is 14.4 Å². The molecule has 0 radical (unpaired) electrons. The first-order valence-corrected chi connectivity index (χ1v) is 10.2. The molecule has 2 fully saturated rings. The number of aromatic nitrogens is 1. The minimum absolute atomic E-state index is 0.224. The van der Waals surface area contributed by atoms with Gasteiger partial charge in [0, 0.05) is 11.9 Å². The van der Waals surface area contributed by atoms with Crippen LogP contribution in [0.4, 0.5) is 9.93 Å². The third-order valence-corrected chi connectivity index (χ3v) is 6.95. The van der Waals surface area contributed by atoms with Gasteiger partial charge in [-0.1, -0.05) is 19.3 Å². The first-order chi connectivity index (χ1) is 12.5. The monoisotopic (exact) mass is 376 g/mol. The molecule has 4 amide bonds. The van der Waals surface area contributed by atoms with E-state index in [4.69, 9.17) is 0 Å². The number of hydrogen-bond acceptors (Lipinski definition) is 5. The van der Waals surface area contributed by atoms with Crippen LogP contribution in [0.3, 0.4) is 0 Å². The van der Waals surface area contributed by atoms with Gasteiger partial charge in [-0.15, -0.1) is 11.3 Å². The third kappa shape index (κ3) is 2.80. The minimum Gasteiger partial charge on any atom is -0.313 e. The Balaban J connectivity index is 1.44. The van der Waals surface area contributed by atoms with E-state index in [0.717, 1.165) is 55.5 Å². The summed E-state index contributed by atoms with van der Waals surface area (Å²) in [7, 11) is 1.68. The molecule has 1 aromatic heterocycles. The van der Waals surface area contributed by atoms with Crippen LogP contribution in [-0.2, 0) is 22.4 Å². The fourth-order valence-corrected chi connectivity index (χ4v) is 5.44. The standard InChI is InChI=1S/C18H24N4O3S/c1-21-17(25)22(15(24)18(21)9-5-2-6-10-18)11-14(23)20-16-19-12-7-3-4-8-13(12)26-16/h2-11H2,1H3,(H,19,20,23). The van der Waals surface area contributed by atoms with Crippen molar-refractivity contribution in [3.8, 4) is 0 Å². The topological polar surface area (TPSA) is 82.6 Å². The van der Waals surface area contributed by atoms with Gasteiger partial charge in [-0.05, 0) is 38.5 Å². The second-order valence-electron chi connectivity index (χ2n) is 7.47. The van der Waals surface area contributed by atoms with Crippen LogP contribution in [0.2, 0.25) is 0 Å². The van der Waals surface area contributed by atoms with Crippen molar-refractivity contribution >= 4 is 34.3 Å². The number of amides is 4. The number of carbonyl (C=O) groups is 3. The van der Waals surface area contributed by atoms with Crippen LogP contribution >= 0.6 is 11.3 Å². The number of urea groups is 1. The Bertz CT molecular complexity index is 730. The van der Waals surface area contributed by atoms with Gasteiger partial charge in [-0.25, -0.2) is 9.78 Å². The first-order valence-electron chi connectivity index (χ1n) is 9.39. The molecule has 0 aromatic carbocycles. The predicted octanol–water partition coefficient (Wildman–Crippen LogP) is 2.56. The van der Waals surface area contributed by atoms with Crippen LogP contribution < -0.4 is 5.32 Å². The zero-order chi connectivity index (χ0) is 18.3. The van der Waals surface area contributed by atoms with Gasteiger partial charge in [-0.2, -0.15) is 0 Å². The molecule has 8 heteroatoms. The predicted molar refractivity (Wildman–Crippen MR) is 98.1 cm³/mol. The van der Waals surface area contributed by atoms with Crippen molar-refractivity contribution in [1.29, 1.82) is 0 Å². The van der Waals surface area contributed by atoms with Crippen LogP contribution in [0.1, 0.15) is 55.5 Å². The summed E-state index contributed by atoms with van der Waals surface area (Å²) in [6, 6.07) is -0.370. The average Bonchev–Trinajstić information content (AvgIpc) is 3.12. The Hall–Kier alpha value is -1.96. The molecule has 2 aliphatic carbocycles. The Morgan fingerprint density at radius 2 is 1.88 bits per heavy atom. The zero-order valence-electron chi connectivity index (χ0n) is 15.0. The van der Waals surface area contributed by atoms with Crippen molar-refractivity contribution in [2.45, 2.75) is 63.3 Å². The number of nitrogens with one attached hydrogen (secondary N) is 1. The minimum atomic E-state index is -0.740. The highest BCUT2D eigenvalue weighted by molar-refractivity contribution is 7.15. The van der Waals surface area contributed by atoms with Gasteiger partial charge in [0.1, 0.15) is 12.1 Å². The second-order valence-corrected chi connectivity index (χ2v) is 8.55. The molecule has 2 heterocycles. The molecule has 1 aliphatic heterocycles. The molecular weight excluding hydrogens is 352 g/mol. The van der Waals surface area contributed by atoms with Crippen LogP contribution in [0.25, 0.3) is 0 Å². The van der Waals surface area contributed by atoms with Gasteiger partial charge < -0.3 is 10.2 Å². The smallest absolute Gasteiger partial charge is 0.313 e. The molecule has 0 unspecified atom stereocenters. The molecule has 26 heavy (non-hydrogen) atoms. The van der Waals surface area contributed by atoms with E-state index < -0.39 is 5.54 Å². The van der Waals surface area contributed by atoms with E-state index in [-0.39, 0.29) is 24.4 Å². The van der Waals surface area contributed by atoms with E-state index in [1.165, 1.54) is 16.2 Å². The lowest BCUT2D eigenvalue weighted by Crippen LogP contribution is -2.49. The van der Waals surface area contributed by atoms with E-state index in [9.17, 15) is 14.4 Å². The number of nitrogens with zero attached hydrogens (tertiary/aromatic N) is 3. The second kappa shape index (κ2) is 6.64. The molecule has 1 saturated carbocycles. The Morgan fingerprint density at radius 3 is 2.62 bits per heavy atom. The van der Waals surface area contributed by atoms with Crippen molar-refractivity contribution in [3.63, 3.8) is 0 Å². The third-order valence-electron chi connectivity index (χ3n) is 5.88. The number of thiazole rings is 1. The average molecular weight is 376 g/mol. The molecular formula is C18H24N4O3S. The summed E-state index contributed by atoms with van der Waals surface area (Å²) in [5, 5.41) is 3.35. The lowest BCUT2D eigenvalue weighted by Gasteiger charge is -2.35. The number of aryl methyl sites for hydroxylation is 2. The van der Waals surface area contributed by atoms with E-state index in [0.29, 0.717) is 18.0 Å².